The summed E-state index contributed by atoms with van der Waals surface area (Å²) in [6.45, 7) is 1.37. The molecule has 78 valence electrons. The van der Waals surface area contributed by atoms with Crippen LogP contribution >= 0.6 is 11.6 Å². The van der Waals surface area contributed by atoms with Crippen molar-refractivity contribution < 1.29 is 9.13 Å². The van der Waals surface area contributed by atoms with Gasteiger partial charge < -0.3 is 10.5 Å². The number of halogens is 2. The highest BCUT2D eigenvalue weighted by Gasteiger charge is 2.05. The summed E-state index contributed by atoms with van der Waals surface area (Å²) >= 11 is 5.91. The van der Waals surface area contributed by atoms with Gasteiger partial charge in [-0.3, -0.25) is 0 Å². The molecule has 0 saturated heterocycles. The fourth-order valence-corrected chi connectivity index (χ4v) is 1.31. The second-order valence-corrected chi connectivity index (χ2v) is 3.42. The molecule has 0 aliphatic rings. The quantitative estimate of drug-likeness (QED) is 0.842. The topological polar surface area (TPSA) is 35.2 Å². The van der Waals surface area contributed by atoms with Gasteiger partial charge in [0.05, 0.1) is 5.02 Å². The molecular formula is C10H13ClFNO. The van der Waals surface area contributed by atoms with E-state index in [2.05, 4.69) is 0 Å². The van der Waals surface area contributed by atoms with Crippen LogP contribution in [0.15, 0.2) is 18.2 Å². The third-order valence-electron chi connectivity index (χ3n) is 1.82. The maximum Gasteiger partial charge on any atom is 0.138 e. The first-order valence-electron chi connectivity index (χ1n) is 4.39. The second-order valence-electron chi connectivity index (χ2n) is 3.02. The molecule has 1 aromatic rings. The summed E-state index contributed by atoms with van der Waals surface area (Å²) < 4.78 is 16.9. The van der Waals surface area contributed by atoms with E-state index in [0.29, 0.717) is 10.8 Å². The first kappa shape index (κ1) is 11.3. The number of alkyl halides is 1. The minimum absolute atomic E-state index is 0.0250. The lowest BCUT2D eigenvalue weighted by Gasteiger charge is -2.09. The summed E-state index contributed by atoms with van der Waals surface area (Å²) in [4.78, 5) is 0. The third kappa shape index (κ3) is 2.86. The number of rotatable bonds is 4. The number of hydrogen-bond donors (Lipinski definition) is 1. The molecule has 1 atom stereocenters. The second kappa shape index (κ2) is 5.17. The van der Waals surface area contributed by atoms with Crippen LogP contribution < -0.4 is 10.5 Å². The van der Waals surface area contributed by atoms with Gasteiger partial charge in [0, 0.05) is 6.04 Å². The zero-order chi connectivity index (χ0) is 10.6. The summed E-state index contributed by atoms with van der Waals surface area (Å²) in [5, 5.41) is 0.466. The van der Waals surface area contributed by atoms with E-state index < -0.39 is 6.67 Å². The normalized spacial score (nSPS) is 12.6. The predicted octanol–water partition coefficient (Wildman–Crippen LogP) is 2.71. The van der Waals surface area contributed by atoms with Gasteiger partial charge >= 0.3 is 0 Å². The van der Waals surface area contributed by atoms with Crippen molar-refractivity contribution in [2.24, 2.45) is 5.73 Å². The van der Waals surface area contributed by atoms with E-state index in [1.807, 2.05) is 13.0 Å². The number of ether oxygens (including phenoxy) is 1. The van der Waals surface area contributed by atoms with Crippen LogP contribution in [0.4, 0.5) is 4.39 Å². The van der Waals surface area contributed by atoms with Crippen molar-refractivity contribution in [3.8, 4) is 5.75 Å². The lowest BCUT2D eigenvalue weighted by atomic mass is 10.1. The molecule has 0 amide bonds. The Morgan fingerprint density at radius 2 is 2.29 bits per heavy atom. The molecular weight excluding hydrogens is 205 g/mol. The average Bonchev–Trinajstić information content (AvgIpc) is 2.15. The fourth-order valence-electron chi connectivity index (χ4n) is 1.07. The number of nitrogens with two attached hydrogens (primary N) is 1. The van der Waals surface area contributed by atoms with Gasteiger partial charge in [0.1, 0.15) is 19.0 Å². The van der Waals surface area contributed by atoms with E-state index in [1.54, 1.807) is 12.1 Å². The van der Waals surface area contributed by atoms with E-state index in [4.69, 9.17) is 22.1 Å². The van der Waals surface area contributed by atoms with Gasteiger partial charge in [0.2, 0.25) is 0 Å². The standard InChI is InChI=1S/C10H13ClFNO/c1-7(13)8-2-3-10(9(11)6-8)14-5-4-12/h2-3,6-7H,4-5,13H2,1H3. The molecule has 0 aromatic heterocycles. The number of hydrogen-bond acceptors (Lipinski definition) is 2. The smallest absolute Gasteiger partial charge is 0.138 e. The molecule has 4 heteroatoms. The van der Waals surface area contributed by atoms with Crippen molar-refractivity contribution >= 4 is 11.6 Å². The molecule has 1 unspecified atom stereocenters. The molecule has 0 spiro atoms. The summed E-state index contributed by atoms with van der Waals surface area (Å²) in [6.07, 6.45) is 0. The molecule has 0 saturated carbocycles. The molecule has 0 fully saturated rings. The van der Waals surface area contributed by atoms with E-state index in [-0.39, 0.29) is 12.6 Å². The van der Waals surface area contributed by atoms with Crippen molar-refractivity contribution in [3.63, 3.8) is 0 Å². The Morgan fingerprint density at radius 3 is 2.79 bits per heavy atom. The molecule has 0 heterocycles. The van der Waals surface area contributed by atoms with Gasteiger partial charge in [0.15, 0.2) is 0 Å². The average molecular weight is 218 g/mol. The monoisotopic (exact) mass is 217 g/mol. The zero-order valence-electron chi connectivity index (χ0n) is 7.97. The Kier molecular flexibility index (Phi) is 4.17. The van der Waals surface area contributed by atoms with Gasteiger partial charge in [-0.1, -0.05) is 17.7 Å². The van der Waals surface area contributed by atoms with Crippen molar-refractivity contribution in [2.45, 2.75) is 13.0 Å². The van der Waals surface area contributed by atoms with Crippen LogP contribution in [0, 0.1) is 0 Å². The van der Waals surface area contributed by atoms with Gasteiger partial charge in [-0.25, -0.2) is 4.39 Å². The molecule has 0 radical (unpaired) electrons. The Labute approximate surface area is 87.8 Å². The SMILES string of the molecule is CC(N)c1ccc(OCCF)c(Cl)c1. The van der Waals surface area contributed by atoms with Crippen LogP contribution in [0.25, 0.3) is 0 Å². The highest BCUT2D eigenvalue weighted by atomic mass is 35.5. The van der Waals surface area contributed by atoms with Gasteiger partial charge in [-0.05, 0) is 24.6 Å². The first-order chi connectivity index (χ1) is 6.65. The molecule has 1 aromatic carbocycles. The van der Waals surface area contributed by atoms with Crippen LogP contribution in [-0.2, 0) is 0 Å². The maximum atomic E-state index is 11.8. The number of benzene rings is 1. The van der Waals surface area contributed by atoms with Crippen LogP contribution in [0.5, 0.6) is 5.75 Å². The summed E-state index contributed by atoms with van der Waals surface area (Å²) in [5.74, 6) is 0.494. The Morgan fingerprint density at radius 1 is 1.57 bits per heavy atom. The minimum Gasteiger partial charge on any atom is -0.489 e. The van der Waals surface area contributed by atoms with Gasteiger partial charge in [-0.2, -0.15) is 0 Å². The van der Waals surface area contributed by atoms with E-state index in [0.717, 1.165) is 5.56 Å². The van der Waals surface area contributed by atoms with E-state index >= 15 is 0 Å². The molecule has 0 aliphatic carbocycles. The Bertz CT molecular complexity index is 304. The minimum atomic E-state index is -0.522. The predicted molar refractivity (Wildman–Crippen MR) is 55.5 cm³/mol. The molecule has 2 nitrogen and oxygen atoms in total. The zero-order valence-corrected chi connectivity index (χ0v) is 8.72. The third-order valence-corrected chi connectivity index (χ3v) is 2.11. The highest BCUT2D eigenvalue weighted by Crippen LogP contribution is 2.27. The van der Waals surface area contributed by atoms with E-state index in [1.165, 1.54) is 0 Å². The highest BCUT2D eigenvalue weighted by molar-refractivity contribution is 6.32. The van der Waals surface area contributed by atoms with Crippen LogP contribution in [0.1, 0.15) is 18.5 Å². The molecule has 0 bridgehead atoms. The van der Waals surface area contributed by atoms with Crippen LogP contribution in [0.3, 0.4) is 0 Å². The van der Waals surface area contributed by atoms with E-state index in [9.17, 15) is 4.39 Å². The lowest BCUT2D eigenvalue weighted by molar-refractivity contribution is 0.273. The first-order valence-corrected chi connectivity index (χ1v) is 4.76. The lowest BCUT2D eigenvalue weighted by Crippen LogP contribution is -2.05. The molecule has 14 heavy (non-hydrogen) atoms. The van der Waals surface area contributed by atoms with Gasteiger partial charge in [0.25, 0.3) is 0 Å². The summed E-state index contributed by atoms with van der Waals surface area (Å²) in [7, 11) is 0. The van der Waals surface area contributed by atoms with Crippen molar-refractivity contribution in [1.82, 2.24) is 0 Å². The molecule has 1 rings (SSSR count). The molecule has 2 N–H and O–H groups in total. The summed E-state index contributed by atoms with van der Waals surface area (Å²) in [5.41, 5.74) is 6.61. The van der Waals surface area contributed by atoms with Crippen molar-refractivity contribution in [2.75, 3.05) is 13.3 Å². The summed E-state index contributed by atoms with van der Waals surface area (Å²) in [6, 6.07) is 5.20. The Hall–Kier alpha value is -0.800. The molecule has 0 aliphatic heterocycles. The Balaban J connectivity index is 2.79. The van der Waals surface area contributed by atoms with Gasteiger partial charge in [-0.15, -0.1) is 0 Å². The largest absolute Gasteiger partial charge is 0.489 e. The van der Waals surface area contributed by atoms with Crippen molar-refractivity contribution in [1.29, 1.82) is 0 Å². The van der Waals surface area contributed by atoms with Crippen molar-refractivity contribution in [3.05, 3.63) is 28.8 Å². The van der Waals surface area contributed by atoms with Crippen LogP contribution in [-0.4, -0.2) is 13.3 Å². The maximum absolute atomic E-state index is 11.8. The van der Waals surface area contributed by atoms with Crippen LogP contribution in [0.2, 0.25) is 5.02 Å². The fraction of sp³-hybridized carbons (Fsp3) is 0.400.